The van der Waals surface area contributed by atoms with Crippen molar-refractivity contribution < 1.29 is 19.1 Å². The molecule has 1 saturated carbocycles. The maximum absolute atomic E-state index is 12.0. The van der Waals surface area contributed by atoms with Gasteiger partial charge in [-0.15, -0.1) is 0 Å². The number of hydrogen-bond donors (Lipinski definition) is 0. The van der Waals surface area contributed by atoms with E-state index in [9.17, 15) is 9.59 Å². The molecule has 3 unspecified atom stereocenters. The van der Waals surface area contributed by atoms with Gasteiger partial charge in [0, 0.05) is 12.6 Å². The molecule has 2 aliphatic rings. The lowest BCUT2D eigenvalue weighted by molar-refractivity contribution is -0.148. The highest BCUT2D eigenvalue weighted by molar-refractivity contribution is 6.17. The van der Waals surface area contributed by atoms with Gasteiger partial charge in [-0.3, -0.25) is 4.79 Å². The standard InChI is InChI=1S/C13H20ClNO4/c1-13(2,3)19-12(17)15-6-8-4-9(15)5-10(8)11(16)18-7-14/h8-10H,4-7H2,1-3H3. The summed E-state index contributed by atoms with van der Waals surface area (Å²) in [5.74, 6) is -0.193. The maximum atomic E-state index is 12.0. The molecule has 108 valence electrons. The number of piperidine rings is 1. The summed E-state index contributed by atoms with van der Waals surface area (Å²) in [4.78, 5) is 25.5. The van der Waals surface area contributed by atoms with E-state index >= 15 is 0 Å². The van der Waals surface area contributed by atoms with E-state index in [0.29, 0.717) is 13.0 Å². The minimum absolute atomic E-state index is 0.0905. The number of fused-ring (bicyclic) bond motifs is 2. The van der Waals surface area contributed by atoms with Gasteiger partial charge in [-0.1, -0.05) is 11.6 Å². The first-order valence-corrected chi connectivity index (χ1v) is 7.07. The average Bonchev–Trinajstić information content (AvgIpc) is 2.85. The number of likely N-dealkylation sites (tertiary alicyclic amines) is 1. The van der Waals surface area contributed by atoms with Gasteiger partial charge in [0.15, 0.2) is 6.07 Å². The van der Waals surface area contributed by atoms with Crippen molar-refractivity contribution in [1.29, 1.82) is 0 Å². The normalized spacial score (nSPS) is 29.5. The van der Waals surface area contributed by atoms with Gasteiger partial charge in [-0.2, -0.15) is 0 Å². The second-order valence-corrected chi connectivity index (χ2v) is 6.42. The van der Waals surface area contributed by atoms with Gasteiger partial charge in [0.2, 0.25) is 0 Å². The van der Waals surface area contributed by atoms with Crippen molar-refractivity contribution in [3.8, 4) is 0 Å². The van der Waals surface area contributed by atoms with Crippen LogP contribution in [-0.2, 0) is 14.3 Å². The minimum Gasteiger partial charge on any atom is -0.449 e. The predicted molar refractivity (Wildman–Crippen MR) is 69.8 cm³/mol. The lowest BCUT2D eigenvalue weighted by atomic mass is 9.95. The number of esters is 1. The third-order valence-corrected chi connectivity index (χ3v) is 3.78. The summed E-state index contributed by atoms with van der Waals surface area (Å²) in [6.45, 7) is 6.11. The number of carbonyl (C=O) groups is 2. The molecule has 3 atom stereocenters. The third-order valence-electron chi connectivity index (χ3n) is 3.67. The molecule has 6 heteroatoms. The van der Waals surface area contributed by atoms with Gasteiger partial charge < -0.3 is 14.4 Å². The van der Waals surface area contributed by atoms with E-state index in [1.54, 1.807) is 4.90 Å². The Morgan fingerprint density at radius 1 is 1.32 bits per heavy atom. The Labute approximate surface area is 118 Å². The van der Waals surface area contributed by atoms with E-state index in [-0.39, 0.29) is 36.0 Å². The summed E-state index contributed by atoms with van der Waals surface area (Å²) in [6, 6.07) is -0.0181. The molecule has 0 radical (unpaired) electrons. The van der Waals surface area contributed by atoms with Gasteiger partial charge >= 0.3 is 12.1 Å². The molecule has 0 spiro atoms. The molecular formula is C13H20ClNO4. The van der Waals surface area contributed by atoms with Gasteiger partial charge in [0.1, 0.15) is 5.60 Å². The first-order chi connectivity index (χ1) is 8.81. The Balaban J connectivity index is 1.92. The van der Waals surface area contributed by atoms with E-state index < -0.39 is 5.60 Å². The van der Waals surface area contributed by atoms with Crippen LogP contribution in [-0.4, -0.2) is 41.2 Å². The summed E-state index contributed by atoms with van der Waals surface area (Å²) in [7, 11) is 0. The van der Waals surface area contributed by atoms with Gasteiger partial charge in [-0.05, 0) is 39.5 Å². The molecule has 1 heterocycles. The lowest BCUT2D eigenvalue weighted by Gasteiger charge is -2.32. The van der Waals surface area contributed by atoms with Crippen LogP contribution in [0.15, 0.2) is 0 Å². The zero-order valence-corrected chi connectivity index (χ0v) is 12.3. The SMILES string of the molecule is CC(C)(C)OC(=O)N1CC2CC1CC2C(=O)OCCl. The molecule has 1 saturated heterocycles. The molecular weight excluding hydrogens is 270 g/mol. The average molecular weight is 290 g/mol. The van der Waals surface area contributed by atoms with Crippen molar-refractivity contribution in [2.75, 3.05) is 12.6 Å². The fourth-order valence-electron chi connectivity index (χ4n) is 2.95. The summed E-state index contributed by atoms with van der Waals surface area (Å²) < 4.78 is 10.2. The van der Waals surface area contributed by atoms with Crippen LogP contribution in [0.2, 0.25) is 0 Å². The summed E-state index contributed by atoms with van der Waals surface area (Å²) in [5.41, 5.74) is -0.490. The van der Waals surface area contributed by atoms with E-state index in [0.717, 1.165) is 6.42 Å². The fraction of sp³-hybridized carbons (Fsp3) is 0.846. The van der Waals surface area contributed by atoms with Crippen molar-refractivity contribution in [3.05, 3.63) is 0 Å². The van der Waals surface area contributed by atoms with Crippen LogP contribution in [0.3, 0.4) is 0 Å². The summed E-state index contributed by atoms with van der Waals surface area (Å²) in [6.07, 6.45) is 1.21. The van der Waals surface area contributed by atoms with Crippen molar-refractivity contribution in [2.45, 2.75) is 45.3 Å². The number of alkyl halides is 1. The third kappa shape index (κ3) is 3.14. The number of nitrogens with zero attached hydrogens (tertiary/aromatic N) is 1. The van der Waals surface area contributed by atoms with Crippen LogP contribution >= 0.6 is 11.6 Å². The fourth-order valence-corrected chi connectivity index (χ4v) is 3.05. The first kappa shape index (κ1) is 14.4. The summed E-state index contributed by atoms with van der Waals surface area (Å²) in [5, 5.41) is 0. The van der Waals surface area contributed by atoms with Crippen LogP contribution in [0.5, 0.6) is 0 Å². The Hall–Kier alpha value is -0.970. The number of rotatable bonds is 2. The molecule has 2 rings (SSSR count). The van der Waals surface area contributed by atoms with Crippen LogP contribution in [0, 0.1) is 11.8 Å². The molecule has 0 N–H and O–H groups in total. The number of carbonyl (C=O) groups excluding carboxylic acids is 2. The van der Waals surface area contributed by atoms with Crippen LogP contribution in [0.1, 0.15) is 33.6 Å². The van der Waals surface area contributed by atoms with Crippen LogP contribution in [0.25, 0.3) is 0 Å². The van der Waals surface area contributed by atoms with Crippen LogP contribution in [0.4, 0.5) is 4.79 Å². The largest absolute Gasteiger partial charge is 0.449 e. The molecule has 2 bridgehead atoms. The number of hydrogen-bond acceptors (Lipinski definition) is 4. The Morgan fingerprint density at radius 3 is 2.47 bits per heavy atom. The van der Waals surface area contributed by atoms with Gasteiger partial charge in [0.05, 0.1) is 5.92 Å². The Bertz CT molecular complexity index is 379. The smallest absolute Gasteiger partial charge is 0.410 e. The molecule has 2 fully saturated rings. The predicted octanol–water partition coefficient (Wildman–Crippen LogP) is 2.37. The van der Waals surface area contributed by atoms with Crippen molar-refractivity contribution >= 4 is 23.7 Å². The lowest BCUT2D eigenvalue weighted by Crippen LogP contribution is -2.44. The monoisotopic (exact) mass is 289 g/mol. The molecule has 1 aliphatic carbocycles. The molecule has 19 heavy (non-hydrogen) atoms. The zero-order chi connectivity index (χ0) is 14.2. The molecule has 0 aromatic rings. The van der Waals surface area contributed by atoms with Gasteiger partial charge in [-0.25, -0.2) is 4.79 Å². The second-order valence-electron chi connectivity index (χ2n) is 6.20. The quantitative estimate of drug-likeness (QED) is 0.578. The van der Waals surface area contributed by atoms with E-state index in [2.05, 4.69) is 0 Å². The molecule has 1 amide bonds. The molecule has 0 aromatic heterocycles. The number of ether oxygens (including phenoxy) is 2. The number of halogens is 1. The highest BCUT2D eigenvalue weighted by Gasteiger charge is 2.50. The van der Waals surface area contributed by atoms with Gasteiger partial charge in [0.25, 0.3) is 0 Å². The van der Waals surface area contributed by atoms with Crippen molar-refractivity contribution in [3.63, 3.8) is 0 Å². The van der Waals surface area contributed by atoms with Crippen molar-refractivity contribution in [2.24, 2.45) is 11.8 Å². The zero-order valence-electron chi connectivity index (χ0n) is 11.5. The highest BCUT2D eigenvalue weighted by Crippen LogP contribution is 2.43. The number of amides is 1. The highest BCUT2D eigenvalue weighted by atomic mass is 35.5. The molecule has 0 aromatic carbocycles. The Kier molecular flexibility index (Phi) is 3.95. The Morgan fingerprint density at radius 2 is 2.00 bits per heavy atom. The topological polar surface area (TPSA) is 55.8 Å². The summed E-state index contributed by atoms with van der Waals surface area (Å²) >= 11 is 5.40. The van der Waals surface area contributed by atoms with E-state index in [4.69, 9.17) is 21.1 Å². The molecule has 5 nitrogen and oxygen atoms in total. The molecule has 1 aliphatic heterocycles. The maximum Gasteiger partial charge on any atom is 0.410 e. The van der Waals surface area contributed by atoms with Crippen molar-refractivity contribution in [1.82, 2.24) is 4.90 Å². The first-order valence-electron chi connectivity index (χ1n) is 6.54. The minimum atomic E-state index is -0.490. The van der Waals surface area contributed by atoms with E-state index in [1.165, 1.54) is 0 Å². The van der Waals surface area contributed by atoms with E-state index in [1.807, 2.05) is 20.8 Å². The second kappa shape index (κ2) is 5.19. The van der Waals surface area contributed by atoms with Crippen LogP contribution < -0.4 is 0 Å².